The molecule has 13 heavy (non-hydrogen) atoms. The lowest BCUT2D eigenvalue weighted by molar-refractivity contribution is 0.0191. The van der Waals surface area contributed by atoms with Crippen molar-refractivity contribution in [2.24, 2.45) is 0 Å². The van der Waals surface area contributed by atoms with Gasteiger partial charge >= 0.3 is 0 Å². The van der Waals surface area contributed by atoms with Crippen molar-refractivity contribution < 1.29 is 13.2 Å². The average Bonchev–Trinajstić information content (AvgIpc) is 2.27. The summed E-state index contributed by atoms with van der Waals surface area (Å²) in [6.45, 7) is 2.13. The molecule has 4 nitrogen and oxygen atoms in total. The zero-order valence-corrected chi connectivity index (χ0v) is 8.35. The van der Waals surface area contributed by atoms with Crippen molar-refractivity contribution in [3.63, 3.8) is 0 Å². The highest BCUT2D eigenvalue weighted by atomic mass is 32.2. The molecule has 0 radical (unpaired) electrons. The van der Waals surface area contributed by atoms with Gasteiger partial charge in [-0.3, -0.25) is 0 Å². The molecular weight excluding hydrogens is 190 g/mol. The molecule has 2 aliphatic heterocycles. The van der Waals surface area contributed by atoms with Gasteiger partial charge in [-0.05, 0) is 12.8 Å². The van der Waals surface area contributed by atoms with E-state index in [0.29, 0.717) is 12.4 Å². The summed E-state index contributed by atoms with van der Waals surface area (Å²) >= 11 is 0. The van der Waals surface area contributed by atoms with Crippen LogP contribution in [0.5, 0.6) is 0 Å². The monoisotopic (exact) mass is 205 g/mol. The number of rotatable bonds is 3. The Hall–Kier alpha value is -0.130. The summed E-state index contributed by atoms with van der Waals surface area (Å²) in [5, 5.41) is 2.85. The van der Waals surface area contributed by atoms with Gasteiger partial charge in [0.1, 0.15) is 0 Å². The molecule has 0 amide bonds. The van der Waals surface area contributed by atoms with Crippen LogP contribution in [0.15, 0.2) is 0 Å². The Balaban J connectivity index is 1.80. The van der Waals surface area contributed by atoms with Gasteiger partial charge < -0.3 is 10.1 Å². The smallest absolute Gasteiger partial charge is 0.155 e. The van der Waals surface area contributed by atoms with Gasteiger partial charge in [-0.1, -0.05) is 0 Å². The molecule has 5 heteroatoms. The minimum Gasteiger partial charge on any atom is -0.374 e. The Bertz CT molecular complexity index is 271. The van der Waals surface area contributed by atoms with Crippen LogP contribution >= 0.6 is 0 Å². The average molecular weight is 205 g/mol. The zero-order valence-electron chi connectivity index (χ0n) is 7.53. The molecule has 2 saturated heterocycles. The topological polar surface area (TPSA) is 55.4 Å². The normalized spacial score (nSPS) is 33.1. The number of hydrogen-bond acceptors (Lipinski definition) is 4. The first-order valence-electron chi connectivity index (χ1n) is 4.72. The largest absolute Gasteiger partial charge is 0.374 e. The maximum Gasteiger partial charge on any atom is 0.155 e. The summed E-state index contributed by atoms with van der Waals surface area (Å²) in [5.41, 5.74) is 0. The molecule has 0 aromatic heterocycles. The Morgan fingerprint density at radius 3 is 2.62 bits per heavy atom. The van der Waals surface area contributed by atoms with Crippen LogP contribution in [0.3, 0.4) is 0 Å². The van der Waals surface area contributed by atoms with Crippen molar-refractivity contribution in [3.05, 3.63) is 0 Å². The lowest BCUT2D eigenvalue weighted by Gasteiger charge is -2.28. The molecule has 0 aromatic carbocycles. The van der Waals surface area contributed by atoms with Crippen molar-refractivity contribution in [3.8, 4) is 0 Å². The van der Waals surface area contributed by atoms with E-state index >= 15 is 0 Å². The zero-order chi connectivity index (χ0) is 9.31. The Labute approximate surface area is 78.6 Å². The van der Waals surface area contributed by atoms with E-state index in [4.69, 9.17) is 4.74 Å². The van der Waals surface area contributed by atoms with Crippen LogP contribution in [0.2, 0.25) is 0 Å². The first-order valence-corrected chi connectivity index (χ1v) is 6.44. The van der Waals surface area contributed by atoms with E-state index in [0.717, 1.165) is 25.9 Å². The number of ether oxygens (including phenoxy) is 1. The standard InChI is InChI=1S/C8H15NO3S/c10-13(11)3-1-2-8(13)6-12-7-4-9-5-7/h7-9H,1-6H2. The summed E-state index contributed by atoms with van der Waals surface area (Å²) in [7, 11) is -2.81. The maximum absolute atomic E-state index is 11.4. The highest BCUT2D eigenvalue weighted by molar-refractivity contribution is 7.92. The minimum absolute atomic E-state index is 0.229. The van der Waals surface area contributed by atoms with E-state index in [1.54, 1.807) is 0 Å². The molecule has 1 atom stereocenters. The summed E-state index contributed by atoms with van der Waals surface area (Å²) in [4.78, 5) is 0. The third-order valence-corrected chi connectivity index (χ3v) is 4.97. The summed E-state index contributed by atoms with van der Waals surface area (Å²) in [6, 6.07) is 0. The van der Waals surface area contributed by atoms with Crippen molar-refractivity contribution >= 4 is 9.84 Å². The summed E-state index contributed by atoms with van der Waals surface area (Å²) < 4.78 is 28.2. The second-order valence-corrected chi connectivity index (χ2v) is 6.15. The lowest BCUT2D eigenvalue weighted by atomic mass is 10.2. The van der Waals surface area contributed by atoms with Gasteiger partial charge in [0.05, 0.1) is 23.7 Å². The van der Waals surface area contributed by atoms with Gasteiger partial charge in [-0.15, -0.1) is 0 Å². The third-order valence-electron chi connectivity index (χ3n) is 2.72. The fraction of sp³-hybridized carbons (Fsp3) is 1.00. The van der Waals surface area contributed by atoms with E-state index in [9.17, 15) is 8.42 Å². The third kappa shape index (κ3) is 2.03. The molecule has 76 valence electrons. The van der Waals surface area contributed by atoms with Crippen LogP contribution in [-0.4, -0.2) is 45.2 Å². The SMILES string of the molecule is O=S1(=O)CCCC1COC1CNC1. The van der Waals surface area contributed by atoms with Gasteiger partial charge in [0, 0.05) is 13.1 Å². The van der Waals surface area contributed by atoms with E-state index in [-0.39, 0.29) is 11.4 Å². The lowest BCUT2D eigenvalue weighted by Crippen LogP contribution is -2.49. The maximum atomic E-state index is 11.4. The van der Waals surface area contributed by atoms with Crippen molar-refractivity contribution in [1.82, 2.24) is 5.32 Å². The molecule has 0 aliphatic carbocycles. The van der Waals surface area contributed by atoms with Gasteiger partial charge in [0.15, 0.2) is 9.84 Å². The number of nitrogens with one attached hydrogen (secondary N) is 1. The molecule has 2 aliphatic rings. The minimum atomic E-state index is -2.81. The fourth-order valence-corrected chi connectivity index (χ4v) is 3.38. The quantitative estimate of drug-likeness (QED) is 0.678. The van der Waals surface area contributed by atoms with Crippen molar-refractivity contribution in [2.75, 3.05) is 25.4 Å². The first kappa shape index (κ1) is 9.43. The molecule has 2 heterocycles. The van der Waals surface area contributed by atoms with Crippen LogP contribution in [0.25, 0.3) is 0 Å². The predicted octanol–water partition coefficient (Wildman–Crippen LogP) is -0.448. The van der Waals surface area contributed by atoms with E-state index in [1.807, 2.05) is 0 Å². The molecule has 0 bridgehead atoms. The Morgan fingerprint density at radius 1 is 1.38 bits per heavy atom. The van der Waals surface area contributed by atoms with Crippen LogP contribution < -0.4 is 5.32 Å². The van der Waals surface area contributed by atoms with Gasteiger partial charge in [-0.2, -0.15) is 0 Å². The fourth-order valence-electron chi connectivity index (χ4n) is 1.67. The molecule has 0 saturated carbocycles. The van der Waals surface area contributed by atoms with Crippen molar-refractivity contribution in [1.29, 1.82) is 0 Å². The van der Waals surface area contributed by atoms with Crippen LogP contribution in [0.4, 0.5) is 0 Å². The molecular formula is C8H15NO3S. The molecule has 0 spiro atoms. The molecule has 2 rings (SSSR count). The van der Waals surface area contributed by atoms with E-state index in [1.165, 1.54) is 0 Å². The summed E-state index contributed by atoms with van der Waals surface area (Å²) in [5.74, 6) is 0.351. The van der Waals surface area contributed by atoms with E-state index in [2.05, 4.69) is 5.32 Å². The second kappa shape index (κ2) is 3.55. The summed E-state index contributed by atoms with van der Waals surface area (Å²) in [6.07, 6.45) is 1.83. The predicted molar refractivity (Wildman–Crippen MR) is 49.4 cm³/mol. The van der Waals surface area contributed by atoms with Gasteiger partial charge in [-0.25, -0.2) is 8.42 Å². The van der Waals surface area contributed by atoms with E-state index < -0.39 is 9.84 Å². The molecule has 1 N–H and O–H groups in total. The Kier molecular flexibility index (Phi) is 2.58. The second-order valence-electron chi connectivity index (χ2n) is 3.74. The van der Waals surface area contributed by atoms with Gasteiger partial charge in [0.2, 0.25) is 0 Å². The highest BCUT2D eigenvalue weighted by Crippen LogP contribution is 2.20. The molecule has 1 unspecified atom stereocenters. The first-order chi connectivity index (χ1) is 6.18. The highest BCUT2D eigenvalue weighted by Gasteiger charge is 2.32. The Morgan fingerprint density at radius 2 is 2.15 bits per heavy atom. The van der Waals surface area contributed by atoms with Crippen LogP contribution in [0.1, 0.15) is 12.8 Å². The van der Waals surface area contributed by atoms with Crippen LogP contribution in [0, 0.1) is 0 Å². The number of hydrogen-bond donors (Lipinski definition) is 1. The van der Waals surface area contributed by atoms with Crippen LogP contribution in [-0.2, 0) is 14.6 Å². The molecule has 2 fully saturated rings. The van der Waals surface area contributed by atoms with Gasteiger partial charge in [0.25, 0.3) is 0 Å². The molecule has 0 aromatic rings. The van der Waals surface area contributed by atoms with Crippen molar-refractivity contribution in [2.45, 2.75) is 24.2 Å². The number of sulfone groups is 1.